The molecule has 9 aromatic rings. The smallest absolute Gasteiger partial charge is 0.0443 e. The molecule has 2 aliphatic rings. The summed E-state index contributed by atoms with van der Waals surface area (Å²) >= 11 is 0. The van der Waals surface area contributed by atoms with E-state index in [1.807, 2.05) is 0 Å². The number of hydrogen-bond donors (Lipinski definition) is 0. The van der Waals surface area contributed by atoms with Crippen molar-refractivity contribution in [2.24, 2.45) is 0 Å². The molecule has 0 saturated heterocycles. The summed E-state index contributed by atoms with van der Waals surface area (Å²) in [5.41, 5.74) is 15.5. The molecule has 2 heterocycles. The molecule has 0 bridgehead atoms. The molecule has 0 unspecified atom stereocenters. The van der Waals surface area contributed by atoms with Crippen molar-refractivity contribution in [1.29, 1.82) is 0 Å². The predicted octanol–water partition coefficient (Wildman–Crippen LogP) is 14.3. The lowest BCUT2D eigenvalue weighted by atomic mass is 9.84. The van der Waals surface area contributed by atoms with Gasteiger partial charge in [0, 0.05) is 35.8 Å². The molecule has 56 heavy (non-hydrogen) atoms. The van der Waals surface area contributed by atoms with Crippen LogP contribution in [0.25, 0.3) is 65.7 Å². The van der Waals surface area contributed by atoms with E-state index >= 15 is 0 Å². The van der Waals surface area contributed by atoms with Crippen LogP contribution in [0.1, 0.15) is 24.0 Å². The van der Waals surface area contributed by atoms with Crippen molar-refractivity contribution in [3.05, 3.63) is 193 Å². The van der Waals surface area contributed by atoms with Crippen molar-refractivity contribution < 1.29 is 0 Å². The Morgan fingerprint density at radius 1 is 0.321 bits per heavy atom. The summed E-state index contributed by atoms with van der Waals surface area (Å²) in [5.74, 6) is 0. The molecule has 2 aliphatic heterocycles. The van der Waals surface area contributed by atoms with Gasteiger partial charge in [-0.2, -0.15) is 0 Å². The first kappa shape index (κ1) is 32.8. The van der Waals surface area contributed by atoms with Gasteiger partial charge in [0.2, 0.25) is 0 Å². The van der Waals surface area contributed by atoms with Crippen molar-refractivity contribution in [3.8, 4) is 33.4 Å². The summed E-state index contributed by atoms with van der Waals surface area (Å²) in [7, 11) is 0. The molecule has 2 heteroatoms. The first-order valence-corrected chi connectivity index (χ1v) is 20.2. The Bertz CT molecular complexity index is 2940. The fourth-order valence-corrected chi connectivity index (χ4v) is 9.59. The molecule has 0 fully saturated rings. The molecule has 0 saturated carbocycles. The van der Waals surface area contributed by atoms with Gasteiger partial charge in [-0.3, -0.25) is 0 Å². The molecular weight excluding hydrogens is 677 g/mol. The third-order valence-electron chi connectivity index (χ3n) is 12.2. The Kier molecular flexibility index (Phi) is 7.95. The molecule has 0 amide bonds. The van der Waals surface area contributed by atoms with E-state index in [2.05, 4.69) is 192 Å². The van der Waals surface area contributed by atoms with Gasteiger partial charge in [0.05, 0.1) is 0 Å². The third kappa shape index (κ3) is 5.56. The summed E-state index contributed by atoms with van der Waals surface area (Å²) in [6, 6.07) is 68.2. The fraction of sp³-hybridized carbons (Fsp3) is 0.111. The predicted molar refractivity (Wildman–Crippen MR) is 239 cm³/mol. The Morgan fingerprint density at radius 2 is 0.839 bits per heavy atom. The highest BCUT2D eigenvalue weighted by Gasteiger charge is 2.24. The molecule has 2 nitrogen and oxygen atoms in total. The number of anilines is 4. The number of benzene rings is 9. The third-order valence-corrected chi connectivity index (χ3v) is 12.2. The highest BCUT2D eigenvalue weighted by Crippen LogP contribution is 2.48. The summed E-state index contributed by atoms with van der Waals surface area (Å²) in [6.07, 6.45) is 4.54. The zero-order valence-electron chi connectivity index (χ0n) is 31.5. The lowest BCUT2D eigenvalue weighted by molar-refractivity contribution is 0.767. The van der Waals surface area contributed by atoms with E-state index < -0.39 is 0 Å². The van der Waals surface area contributed by atoms with Crippen LogP contribution in [0.5, 0.6) is 0 Å². The number of fused-ring (bicyclic) bond motifs is 5. The number of hydrogen-bond acceptors (Lipinski definition) is 2. The Morgan fingerprint density at radius 3 is 1.50 bits per heavy atom. The second kappa shape index (κ2) is 13.6. The minimum Gasteiger partial charge on any atom is -0.341 e. The van der Waals surface area contributed by atoms with Crippen LogP contribution in [0.2, 0.25) is 0 Å². The molecule has 268 valence electrons. The quantitative estimate of drug-likeness (QED) is 0.164. The molecule has 0 aliphatic carbocycles. The average Bonchev–Trinajstić information content (AvgIpc) is 3.27. The van der Waals surface area contributed by atoms with Gasteiger partial charge in [0.15, 0.2) is 0 Å². The van der Waals surface area contributed by atoms with Crippen LogP contribution < -0.4 is 9.80 Å². The second-order valence-corrected chi connectivity index (χ2v) is 15.5. The van der Waals surface area contributed by atoms with Gasteiger partial charge in [-0.15, -0.1) is 0 Å². The van der Waals surface area contributed by atoms with Gasteiger partial charge in [0.1, 0.15) is 0 Å². The van der Waals surface area contributed by atoms with Crippen molar-refractivity contribution in [2.45, 2.75) is 25.7 Å². The van der Waals surface area contributed by atoms with Crippen LogP contribution in [-0.2, 0) is 12.8 Å². The standard InChI is InChI=1S/C54H42N2/c1-2-16-40(17-3-1)53-47-29-27-46(56-32-12-22-39-15-7-9-24-52(39)56)36-50(47)54(44-20-10-19-42(34-44)43-26-25-37-13-4-5-18-41(37)33-43)48-30-28-45(35-49(48)53)55-31-11-21-38-14-6-8-23-51(38)55/h1-10,13-20,23-30,33-36H,11-12,21-22,31-32H2. The molecule has 0 spiro atoms. The van der Waals surface area contributed by atoms with E-state index in [4.69, 9.17) is 0 Å². The van der Waals surface area contributed by atoms with Gasteiger partial charge < -0.3 is 9.80 Å². The topological polar surface area (TPSA) is 6.48 Å². The van der Waals surface area contributed by atoms with Crippen molar-refractivity contribution in [3.63, 3.8) is 0 Å². The van der Waals surface area contributed by atoms with E-state index in [0.717, 1.165) is 38.8 Å². The summed E-state index contributed by atoms with van der Waals surface area (Å²) in [4.78, 5) is 5.07. The number of para-hydroxylation sites is 2. The van der Waals surface area contributed by atoms with E-state index in [0.29, 0.717) is 0 Å². The normalized spacial score (nSPS) is 13.9. The van der Waals surface area contributed by atoms with E-state index in [9.17, 15) is 0 Å². The van der Waals surface area contributed by atoms with Gasteiger partial charge in [-0.1, -0.05) is 133 Å². The van der Waals surface area contributed by atoms with Gasteiger partial charge in [-0.25, -0.2) is 0 Å². The maximum absolute atomic E-state index is 2.54. The highest BCUT2D eigenvalue weighted by atomic mass is 15.1. The fourth-order valence-electron chi connectivity index (χ4n) is 9.59. The number of nitrogens with zero attached hydrogens (tertiary/aromatic N) is 2. The molecular formula is C54H42N2. The number of rotatable bonds is 5. The lowest BCUT2D eigenvalue weighted by Gasteiger charge is -2.32. The monoisotopic (exact) mass is 718 g/mol. The van der Waals surface area contributed by atoms with E-state index in [1.54, 1.807) is 0 Å². The maximum Gasteiger partial charge on any atom is 0.0443 e. The molecule has 0 N–H and O–H groups in total. The minimum atomic E-state index is 1.01. The Labute approximate surface area is 328 Å². The zero-order valence-corrected chi connectivity index (χ0v) is 31.5. The van der Waals surface area contributed by atoms with Crippen LogP contribution in [0, 0.1) is 0 Å². The van der Waals surface area contributed by atoms with Gasteiger partial charge >= 0.3 is 0 Å². The van der Waals surface area contributed by atoms with Crippen molar-refractivity contribution >= 4 is 55.1 Å². The van der Waals surface area contributed by atoms with Crippen LogP contribution in [0.3, 0.4) is 0 Å². The maximum atomic E-state index is 2.54. The average molecular weight is 719 g/mol. The molecule has 0 radical (unpaired) electrons. The van der Waals surface area contributed by atoms with Crippen molar-refractivity contribution in [2.75, 3.05) is 22.9 Å². The largest absolute Gasteiger partial charge is 0.341 e. The Balaban J connectivity index is 1.19. The van der Waals surface area contributed by atoms with Crippen LogP contribution in [0.4, 0.5) is 22.7 Å². The van der Waals surface area contributed by atoms with Crippen LogP contribution in [0.15, 0.2) is 182 Å². The van der Waals surface area contributed by atoms with Crippen LogP contribution in [-0.4, -0.2) is 13.1 Å². The SMILES string of the molecule is c1ccc(-c2c3ccc(N4CCCc5ccccc54)cc3c(-c3cccc(-c4ccc5ccccc5c4)c3)c3ccc(N4CCCc5ccccc54)cc23)cc1. The first-order chi connectivity index (χ1) is 27.8. The Hall–Kier alpha value is -6.64. The molecule has 11 rings (SSSR count). The molecule has 0 aromatic heterocycles. The van der Waals surface area contributed by atoms with Crippen LogP contribution >= 0.6 is 0 Å². The highest BCUT2D eigenvalue weighted by molar-refractivity contribution is 6.22. The molecule has 0 atom stereocenters. The zero-order chi connectivity index (χ0) is 37.0. The summed E-state index contributed by atoms with van der Waals surface area (Å²) in [6.45, 7) is 2.02. The van der Waals surface area contributed by atoms with Gasteiger partial charge in [-0.05, 0) is 151 Å². The summed E-state index contributed by atoms with van der Waals surface area (Å²) in [5, 5.41) is 7.64. The molecule has 9 aromatic carbocycles. The minimum absolute atomic E-state index is 1.01. The van der Waals surface area contributed by atoms with E-state index in [-0.39, 0.29) is 0 Å². The van der Waals surface area contributed by atoms with Gasteiger partial charge in [0.25, 0.3) is 0 Å². The van der Waals surface area contributed by atoms with Crippen molar-refractivity contribution in [1.82, 2.24) is 0 Å². The summed E-state index contributed by atoms with van der Waals surface area (Å²) < 4.78 is 0. The number of aryl methyl sites for hydroxylation is 2. The second-order valence-electron chi connectivity index (χ2n) is 15.5. The first-order valence-electron chi connectivity index (χ1n) is 20.2. The van der Waals surface area contributed by atoms with E-state index in [1.165, 1.54) is 99.6 Å². The lowest BCUT2D eigenvalue weighted by Crippen LogP contribution is -2.24.